The maximum absolute atomic E-state index is 5.44. The molecule has 2 heterocycles. The van der Waals surface area contributed by atoms with Crippen molar-refractivity contribution in [1.82, 2.24) is 15.4 Å². The second kappa shape index (κ2) is 9.76. The summed E-state index contributed by atoms with van der Waals surface area (Å²) in [6.45, 7) is 3.22. The van der Waals surface area contributed by atoms with Crippen LogP contribution < -0.4 is 5.32 Å². The molecule has 0 saturated carbocycles. The number of hydrogen-bond donors (Lipinski definition) is 1. The molecule has 1 aliphatic rings. The first-order chi connectivity index (χ1) is 11.8. The van der Waals surface area contributed by atoms with Gasteiger partial charge in [0.25, 0.3) is 0 Å². The van der Waals surface area contributed by atoms with Crippen LogP contribution in [0.4, 0.5) is 0 Å². The van der Waals surface area contributed by atoms with Crippen LogP contribution in [0.3, 0.4) is 0 Å². The Hall–Kier alpha value is -1.61. The Labute approximate surface area is 165 Å². The van der Waals surface area contributed by atoms with Gasteiger partial charge in [-0.15, -0.1) is 24.0 Å². The normalized spacial score (nSPS) is 17.2. The highest BCUT2D eigenvalue weighted by molar-refractivity contribution is 14.0. The summed E-state index contributed by atoms with van der Waals surface area (Å²) in [6.07, 6.45) is 1.12. The van der Waals surface area contributed by atoms with Crippen LogP contribution in [0.25, 0.3) is 11.3 Å². The lowest BCUT2D eigenvalue weighted by molar-refractivity contribution is 0.181. The standard InChI is InChI=1S/C18H24N4O2.HI/c1-19-18(22(2)12-14-8-9-23-13-14)20-11-16-10-17(24-21-16)15-6-4-3-5-7-15;/h3-7,10,14H,8-9,11-13H2,1-2H3,(H,19,20);1H. The smallest absolute Gasteiger partial charge is 0.193 e. The van der Waals surface area contributed by atoms with Gasteiger partial charge in [0.1, 0.15) is 5.69 Å². The zero-order valence-electron chi connectivity index (χ0n) is 14.6. The molecule has 1 aromatic carbocycles. The topological polar surface area (TPSA) is 62.9 Å². The van der Waals surface area contributed by atoms with Gasteiger partial charge < -0.3 is 19.5 Å². The van der Waals surface area contributed by atoms with Gasteiger partial charge in [-0.25, -0.2) is 0 Å². The van der Waals surface area contributed by atoms with Crippen molar-refractivity contribution >= 4 is 29.9 Å². The molecule has 0 aliphatic carbocycles. The predicted octanol–water partition coefficient (Wildman–Crippen LogP) is 3.00. The Bertz CT molecular complexity index is 669. The number of halogens is 1. The molecule has 2 aromatic rings. The minimum atomic E-state index is 0. The molecule has 0 spiro atoms. The molecule has 1 fully saturated rings. The monoisotopic (exact) mass is 456 g/mol. The lowest BCUT2D eigenvalue weighted by Crippen LogP contribution is -2.41. The van der Waals surface area contributed by atoms with Crippen LogP contribution in [0.15, 0.2) is 45.9 Å². The molecule has 6 nitrogen and oxygen atoms in total. The number of benzene rings is 1. The van der Waals surface area contributed by atoms with Crippen molar-refractivity contribution in [3.8, 4) is 11.3 Å². The van der Waals surface area contributed by atoms with E-state index in [0.29, 0.717) is 12.5 Å². The highest BCUT2D eigenvalue weighted by Crippen LogP contribution is 2.19. The molecule has 0 amide bonds. The van der Waals surface area contributed by atoms with Crippen molar-refractivity contribution in [2.24, 2.45) is 10.9 Å². The summed E-state index contributed by atoms with van der Waals surface area (Å²) in [5.41, 5.74) is 1.88. The molecule has 25 heavy (non-hydrogen) atoms. The Kier molecular flexibility index (Phi) is 7.70. The third-order valence-electron chi connectivity index (χ3n) is 4.17. The molecule has 7 heteroatoms. The summed E-state index contributed by atoms with van der Waals surface area (Å²) in [5, 5.41) is 7.47. The fourth-order valence-corrected chi connectivity index (χ4v) is 2.89. The summed E-state index contributed by atoms with van der Waals surface area (Å²) in [6, 6.07) is 11.9. The van der Waals surface area contributed by atoms with Crippen LogP contribution in [-0.2, 0) is 11.3 Å². The second-order valence-electron chi connectivity index (χ2n) is 6.06. The van der Waals surface area contributed by atoms with Crippen LogP contribution >= 0.6 is 24.0 Å². The number of aliphatic imine (C=N–C) groups is 1. The molecule has 0 bridgehead atoms. The summed E-state index contributed by atoms with van der Waals surface area (Å²) in [5.74, 6) is 2.20. The molecule has 1 N–H and O–H groups in total. The van der Waals surface area contributed by atoms with Crippen LogP contribution in [-0.4, -0.2) is 49.9 Å². The molecule has 1 saturated heterocycles. The Morgan fingerprint density at radius 2 is 2.16 bits per heavy atom. The number of ether oxygens (including phenoxy) is 1. The van der Waals surface area contributed by atoms with E-state index in [-0.39, 0.29) is 24.0 Å². The summed E-state index contributed by atoms with van der Waals surface area (Å²) in [7, 11) is 3.84. The quantitative estimate of drug-likeness (QED) is 0.426. The highest BCUT2D eigenvalue weighted by atomic mass is 127. The third-order valence-corrected chi connectivity index (χ3v) is 4.17. The zero-order chi connectivity index (χ0) is 16.8. The molecule has 1 aromatic heterocycles. The van der Waals surface area contributed by atoms with Crippen molar-refractivity contribution in [2.75, 3.05) is 33.9 Å². The maximum Gasteiger partial charge on any atom is 0.193 e. The number of hydrogen-bond acceptors (Lipinski definition) is 4. The van der Waals surface area contributed by atoms with Crippen LogP contribution in [0.1, 0.15) is 12.1 Å². The van der Waals surface area contributed by atoms with Gasteiger partial charge >= 0.3 is 0 Å². The van der Waals surface area contributed by atoms with Crippen molar-refractivity contribution < 1.29 is 9.26 Å². The van der Waals surface area contributed by atoms with E-state index in [1.807, 2.05) is 43.4 Å². The predicted molar refractivity (Wildman–Crippen MR) is 109 cm³/mol. The molecule has 1 unspecified atom stereocenters. The van der Waals surface area contributed by atoms with Gasteiger partial charge in [0.2, 0.25) is 0 Å². The van der Waals surface area contributed by atoms with E-state index in [2.05, 4.69) is 20.4 Å². The Morgan fingerprint density at radius 1 is 1.36 bits per heavy atom. The molecule has 136 valence electrons. The van der Waals surface area contributed by atoms with E-state index < -0.39 is 0 Å². The molecular weight excluding hydrogens is 431 g/mol. The molecule has 0 radical (unpaired) electrons. The number of nitrogens with zero attached hydrogens (tertiary/aromatic N) is 3. The average molecular weight is 456 g/mol. The van der Waals surface area contributed by atoms with E-state index in [9.17, 15) is 0 Å². The SMILES string of the molecule is CN=C(NCc1cc(-c2ccccc2)on1)N(C)CC1CCOC1.I. The van der Waals surface area contributed by atoms with Crippen molar-refractivity contribution in [3.63, 3.8) is 0 Å². The van der Waals surface area contributed by atoms with Crippen molar-refractivity contribution in [1.29, 1.82) is 0 Å². The number of aromatic nitrogens is 1. The largest absolute Gasteiger partial charge is 0.381 e. The summed E-state index contributed by atoms with van der Waals surface area (Å²) in [4.78, 5) is 6.48. The van der Waals surface area contributed by atoms with Crippen molar-refractivity contribution in [2.45, 2.75) is 13.0 Å². The minimum absolute atomic E-state index is 0. The number of nitrogens with one attached hydrogen (secondary N) is 1. The van der Waals surface area contributed by atoms with Gasteiger partial charge in [0.05, 0.1) is 13.2 Å². The van der Waals surface area contributed by atoms with Gasteiger partial charge in [-0.3, -0.25) is 4.99 Å². The minimum Gasteiger partial charge on any atom is -0.381 e. The molecule has 1 atom stereocenters. The number of guanidine groups is 1. The maximum atomic E-state index is 5.44. The zero-order valence-corrected chi connectivity index (χ0v) is 17.0. The average Bonchev–Trinajstić information content (AvgIpc) is 3.28. The van der Waals surface area contributed by atoms with E-state index in [1.165, 1.54) is 0 Å². The lowest BCUT2D eigenvalue weighted by atomic mass is 10.1. The van der Waals surface area contributed by atoms with E-state index in [4.69, 9.17) is 9.26 Å². The van der Waals surface area contributed by atoms with E-state index in [1.54, 1.807) is 7.05 Å². The van der Waals surface area contributed by atoms with Crippen molar-refractivity contribution in [3.05, 3.63) is 42.1 Å². The van der Waals surface area contributed by atoms with Gasteiger partial charge in [0, 0.05) is 44.8 Å². The first-order valence-electron chi connectivity index (χ1n) is 8.27. The summed E-state index contributed by atoms with van der Waals surface area (Å²) >= 11 is 0. The first-order valence-corrected chi connectivity index (χ1v) is 8.27. The molecule has 3 rings (SSSR count). The van der Waals surface area contributed by atoms with E-state index in [0.717, 1.165) is 49.2 Å². The van der Waals surface area contributed by atoms with Crippen LogP contribution in [0, 0.1) is 5.92 Å². The fourth-order valence-electron chi connectivity index (χ4n) is 2.89. The Balaban J connectivity index is 0.00000225. The second-order valence-corrected chi connectivity index (χ2v) is 6.06. The van der Waals surface area contributed by atoms with E-state index >= 15 is 0 Å². The van der Waals surface area contributed by atoms with Crippen LogP contribution in [0.2, 0.25) is 0 Å². The third kappa shape index (κ3) is 5.43. The van der Waals surface area contributed by atoms with Gasteiger partial charge in [-0.2, -0.15) is 0 Å². The fraction of sp³-hybridized carbons (Fsp3) is 0.444. The summed E-state index contributed by atoms with van der Waals surface area (Å²) < 4.78 is 10.9. The van der Waals surface area contributed by atoms with Gasteiger partial charge in [0.15, 0.2) is 11.7 Å². The molecule has 1 aliphatic heterocycles. The van der Waals surface area contributed by atoms with Gasteiger partial charge in [-0.1, -0.05) is 35.5 Å². The van der Waals surface area contributed by atoms with Gasteiger partial charge in [-0.05, 0) is 6.42 Å². The number of rotatable bonds is 5. The Morgan fingerprint density at radius 3 is 2.84 bits per heavy atom. The molecular formula is C18H25IN4O2. The lowest BCUT2D eigenvalue weighted by Gasteiger charge is -2.24. The van der Waals surface area contributed by atoms with Crippen LogP contribution in [0.5, 0.6) is 0 Å². The first kappa shape index (κ1) is 19.7. The highest BCUT2D eigenvalue weighted by Gasteiger charge is 2.19.